The van der Waals surface area contributed by atoms with E-state index in [0.29, 0.717) is 35.5 Å². The van der Waals surface area contributed by atoms with Gasteiger partial charge < -0.3 is 0 Å². The SMILES string of the molecule is CC(C)C(C(C)C)C(C)(F)C(C(C)C)C(C)C.CC(C)C(C(C)C)[C@@](C)(F)C(C)C.CC1(F)CCCC1.CC1(F)CCCCC1.CCC(C)(CC)C(C)(F)C(C)(CC)CC.CCC(C)(CC)[C@@](C)(F)C(C)C.CCC(CC)C(C)(F)C(CC)CC.CCC(CC)[C@@](C)(F)C(C)C. The van der Waals surface area contributed by atoms with Crippen LogP contribution in [-0.4, -0.2) is 45.4 Å². The van der Waals surface area contributed by atoms with Crippen molar-refractivity contribution in [2.45, 2.75) is 464 Å². The van der Waals surface area contributed by atoms with Crippen LogP contribution in [0.5, 0.6) is 0 Å². The highest BCUT2D eigenvalue weighted by molar-refractivity contribution is 5.03. The number of rotatable bonds is 30. The second-order valence-corrected chi connectivity index (χ2v) is 36.1. The summed E-state index contributed by atoms with van der Waals surface area (Å²) in [6.07, 6.45) is 19.9. The Labute approximate surface area is 601 Å². The van der Waals surface area contributed by atoms with Crippen LogP contribution in [0.25, 0.3) is 0 Å². The topological polar surface area (TPSA) is 0 Å². The molecule has 0 unspecified atom stereocenters. The Balaban J connectivity index is -0.000000244. The Morgan fingerprint density at radius 2 is 0.469 bits per heavy atom. The van der Waals surface area contributed by atoms with E-state index in [-0.39, 0.29) is 69.5 Å². The van der Waals surface area contributed by atoms with Crippen molar-refractivity contribution >= 4 is 0 Å². The Morgan fingerprint density at radius 1 is 0.271 bits per heavy atom. The van der Waals surface area contributed by atoms with Crippen LogP contribution in [-0.2, 0) is 0 Å². The molecule has 0 amide bonds. The first-order chi connectivity index (χ1) is 43.2. The zero-order chi connectivity index (χ0) is 78.0. The van der Waals surface area contributed by atoms with Gasteiger partial charge in [0.1, 0.15) is 45.4 Å². The zero-order valence-corrected chi connectivity index (χ0v) is 73.0. The van der Waals surface area contributed by atoms with Gasteiger partial charge in [0.15, 0.2) is 0 Å². The first-order valence-corrected chi connectivity index (χ1v) is 40.7. The molecular weight excluding hydrogens is 1210 g/mol. The average molecular weight is 1390 g/mol. The molecule has 2 aliphatic carbocycles. The van der Waals surface area contributed by atoms with Crippen molar-refractivity contribution in [3.05, 3.63) is 0 Å². The minimum atomic E-state index is -1.09. The van der Waals surface area contributed by atoms with Gasteiger partial charge >= 0.3 is 0 Å². The average Bonchev–Trinajstić information content (AvgIpc) is 0.827. The third-order valence-corrected chi connectivity index (χ3v) is 26.6. The molecule has 0 N–H and O–H groups in total. The van der Waals surface area contributed by atoms with Crippen LogP contribution in [0.3, 0.4) is 0 Å². The summed E-state index contributed by atoms with van der Waals surface area (Å²) in [5.41, 5.74) is -8.39. The minimum absolute atomic E-state index is 0.0994. The number of hydrogen-bond donors (Lipinski definition) is 0. The van der Waals surface area contributed by atoms with Crippen LogP contribution < -0.4 is 0 Å². The van der Waals surface area contributed by atoms with Crippen molar-refractivity contribution < 1.29 is 35.1 Å². The molecule has 0 aromatic carbocycles. The lowest BCUT2D eigenvalue weighted by atomic mass is 9.57. The molecule has 3 atom stereocenters. The molecule has 96 heavy (non-hydrogen) atoms. The van der Waals surface area contributed by atoms with E-state index < -0.39 is 45.4 Å². The van der Waals surface area contributed by atoms with Gasteiger partial charge in [0.05, 0.1) is 0 Å². The number of halogens is 8. The van der Waals surface area contributed by atoms with Gasteiger partial charge in [-0.25, -0.2) is 35.1 Å². The first-order valence-electron chi connectivity index (χ1n) is 40.7. The van der Waals surface area contributed by atoms with Gasteiger partial charge in [0.25, 0.3) is 0 Å². The largest absolute Gasteiger partial charge is 0.244 e. The van der Waals surface area contributed by atoms with E-state index in [9.17, 15) is 26.3 Å². The summed E-state index contributed by atoms with van der Waals surface area (Å²) in [4.78, 5) is 0. The standard InChI is InChI=1S/C16H33F.C14H29F.2C12H25F.C11H23F.C10H21F.C7H13F.C6H11F/c1-10(2)14(11(3)4)16(9,17)15(12(5)6)13(7)8;1-8-12(5,9-2)14(7,15)13(6,10-3)11-4;1-8(2)11(9(3)4)12(7,13)10(5)6;1-6-10(7-2)12(5,13)11(8-3)9-4;1-7-10(5,8-2)11(6,12)9(3)4;1-6-9(7-2)10(5,11)8(3)4;1-7(8)5-3-2-4-6-7;1-6(7)4-2-3-5-6/h10-15H,1-9H3;8-11H2,1-7H3;8-11H,1-7H3;10-11H,6-9H2,1-5H3;9H,7-8H2,1-6H3;8-9H,6-7H2,1-5H3;2-6H2,1H3;2-5H2,1H3/t;;12-;;11-;10-;;/m..0.00../s1. The van der Waals surface area contributed by atoms with Gasteiger partial charge in [0.2, 0.25) is 0 Å². The van der Waals surface area contributed by atoms with Crippen molar-refractivity contribution in [3.63, 3.8) is 0 Å². The Kier molecular flexibility index (Phi) is 52.9. The highest BCUT2D eigenvalue weighted by Crippen LogP contribution is 2.54. The fraction of sp³-hybridized carbons (Fsp3) is 1.00. The molecule has 0 saturated heterocycles. The zero-order valence-electron chi connectivity index (χ0n) is 73.0. The van der Waals surface area contributed by atoms with E-state index in [1.165, 1.54) is 6.42 Å². The van der Waals surface area contributed by atoms with Crippen LogP contribution in [0.15, 0.2) is 0 Å². The van der Waals surface area contributed by atoms with E-state index in [1.807, 2.05) is 62.3 Å². The maximum atomic E-state index is 15.4. The van der Waals surface area contributed by atoms with Crippen LogP contribution >= 0.6 is 0 Å². The molecule has 588 valence electrons. The lowest BCUT2D eigenvalue weighted by Crippen LogP contribution is -2.51. The van der Waals surface area contributed by atoms with Crippen LogP contribution in [0.1, 0.15) is 419 Å². The smallest absolute Gasteiger partial charge is 0.118 e. The van der Waals surface area contributed by atoms with E-state index in [4.69, 9.17) is 0 Å². The predicted molar refractivity (Wildman–Crippen MR) is 420 cm³/mol. The molecule has 2 fully saturated rings. The molecule has 0 nitrogen and oxygen atoms in total. The van der Waals surface area contributed by atoms with Crippen molar-refractivity contribution in [3.8, 4) is 0 Å². The third-order valence-electron chi connectivity index (χ3n) is 26.6. The molecule has 0 radical (unpaired) electrons. The molecule has 0 aromatic heterocycles. The van der Waals surface area contributed by atoms with Crippen LogP contribution in [0.2, 0.25) is 0 Å². The van der Waals surface area contributed by atoms with Crippen molar-refractivity contribution in [2.24, 2.45) is 105 Å². The fourth-order valence-electron chi connectivity index (χ4n) is 17.5. The molecule has 0 aliphatic heterocycles. The summed E-state index contributed by atoms with van der Waals surface area (Å²) in [7, 11) is 0. The second-order valence-electron chi connectivity index (χ2n) is 36.1. The quantitative estimate of drug-likeness (QED) is 0.0629. The van der Waals surface area contributed by atoms with E-state index in [0.717, 1.165) is 128 Å². The van der Waals surface area contributed by atoms with Crippen molar-refractivity contribution in [1.29, 1.82) is 0 Å². The maximum Gasteiger partial charge on any atom is 0.118 e. The fourth-order valence-corrected chi connectivity index (χ4v) is 17.5. The molecule has 0 heterocycles. The second kappa shape index (κ2) is 47.7. The van der Waals surface area contributed by atoms with Gasteiger partial charge in [-0.15, -0.1) is 0 Å². The summed E-state index contributed by atoms with van der Waals surface area (Å²) in [5, 5.41) is 0. The predicted octanol–water partition coefficient (Wildman–Crippen LogP) is 32.8. The first kappa shape index (κ1) is 106. The van der Waals surface area contributed by atoms with Crippen LogP contribution in [0, 0.1) is 105 Å². The monoisotopic (exact) mass is 1390 g/mol. The molecule has 0 spiro atoms. The molecule has 0 aromatic rings. The molecule has 2 saturated carbocycles. The Bertz CT molecular complexity index is 1720. The van der Waals surface area contributed by atoms with Gasteiger partial charge in [-0.1, -0.05) is 299 Å². The van der Waals surface area contributed by atoms with Gasteiger partial charge in [-0.3, -0.25) is 0 Å². The van der Waals surface area contributed by atoms with E-state index >= 15 is 8.78 Å². The van der Waals surface area contributed by atoms with E-state index in [1.54, 1.807) is 41.5 Å². The summed E-state index contributed by atoms with van der Waals surface area (Å²) in [6.45, 7) is 82.8. The summed E-state index contributed by atoms with van der Waals surface area (Å²) in [5.74, 6) is 3.86. The Hall–Kier alpha value is -0.560. The summed E-state index contributed by atoms with van der Waals surface area (Å²) >= 11 is 0. The molecule has 8 heteroatoms. The molecule has 2 aliphatic rings. The molecule has 0 bridgehead atoms. The highest BCUT2D eigenvalue weighted by atomic mass is 19.2. The van der Waals surface area contributed by atoms with Crippen molar-refractivity contribution in [2.75, 3.05) is 0 Å². The van der Waals surface area contributed by atoms with Crippen molar-refractivity contribution in [1.82, 2.24) is 0 Å². The summed E-state index contributed by atoms with van der Waals surface area (Å²) < 4.78 is 113. The summed E-state index contributed by atoms with van der Waals surface area (Å²) in [6, 6.07) is 0. The molecular formula is C88H180F8. The van der Waals surface area contributed by atoms with Gasteiger partial charge in [-0.2, -0.15) is 0 Å². The number of hydrogen-bond acceptors (Lipinski definition) is 0. The lowest BCUT2D eigenvalue weighted by molar-refractivity contribution is -0.0946. The lowest BCUT2D eigenvalue weighted by Gasteiger charge is -2.51. The highest BCUT2D eigenvalue weighted by Gasteiger charge is 2.54. The van der Waals surface area contributed by atoms with E-state index in [2.05, 4.69) is 180 Å². The minimum Gasteiger partial charge on any atom is -0.244 e. The molecule has 2 rings (SSSR count). The maximum absolute atomic E-state index is 15.4. The normalized spacial score (nSPS) is 17.5. The third kappa shape index (κ3) is 33.9. The Morgan fingerprint density at radius 3 is 0.594 bits per heavy atom. The number of alkyl halides is 8. The van der Waals surface area contributed by atoms with Gasteiger partial charge in [0, 0.05) is 16.2 Å². The van der Waals surface area contributed by atoms with Crippen LogP contribution in [0.4, 0.5) is 35.1 Å². The van der Waals surface area contributed by atoms with Gasteiger partial charge in [-0.05, 0) is 208 Å².